The number of nitrogens with zero attached hydrogens (tertiary/aromatic N) is 1. The quantitative estimate of drug-likeness (QED) is 0.345. The van der Waals surface area contributed by atoms with Crippen LogP contribution in [-0.4, -0.2) is 59.2 Å². The molecule has 4 rings (SSSR count). The van der Waals surface area contributed by atoms with Gasteiger partial charge >= 0.3 is 0 Å². The van der Waals surface area contributed by atoms with Crippen molar-refractivity contribution in [1.29, 1.82) is 0 Å². The van der Waals surface area contributed by atoms with E-state index in [9.17, 15) is 13.2 Å². The summed E-state index contributed by atoms with van der Waals surface area (Å²) in [6.45, 7) is 0.877. The average Bonchev–Trinajstić information content (AvgIpc) is 3.38. The Kier molecular flexibility index (Phi) is 9.71. The van der Waals surface area contributed by atoms with Crippen molar-refractivity contribution >= 4 is 27.3 Å². The van der Waals surface area contributed by atoms with Gasteiger partial charge in [-0.15, -0.1) is 0 Å². The van der Waals surface area contributed by atoms with Crippen molar-refractivity contribution in [3.05, 3.63) is 64.4 Å². The van der Waals surface area contributed by atoms with Gasteiger partial charge in [-0.1, -0.05) is 0 Å². The zero-order chi connectivity index (χ0) is 27.8. The fourth-order valence-electron chi connectivity index (χ4n) is 4.50. The lowest BCUT2D eigenvalue weighted by Crippen LogP contribution is -2.48. The molecule has 0 radical (unpaired) electrons. The van der Waals surface area contributed by atoms with Gasteiger partial charge in [0.15, 0.2) is 11.5 Å². The second kappa shape index (κ2) is 13.2. The lowest BCUT2D eigenvalue weighted by atomic mass is 10.1. The molecule has 9 nitrogen and oxygen atoms in total. The first-order valence-electron chi connectivity index (χ1n) is 12.7. The van der Waals surface area contributed by atoms with Crippen molar-refractivity contribution in [2.24, 2.45) is 0 Å². The van der Waals surface area contributed by atoms with E-state index < -0.39 is 16.1 Å². The molecule has 1 aromatic heterocycles. The van der Waals surface area contributed by atoms with Crippen LogP contribution in [-0.2, 0) is 27.8 Å². The zero-order valence-electron chi connectivity index (χ0n) is 22.3. The molecule has 1 fully saturated rings. The molecule has 1 saturated heterocycles. The van der Waals surface area contributed by atoms with Crippen molar-refractivity contribution in [1.82, 2.24) is 9.62 Å². The van der Waals surface area contributed by atoms with E-state index in [1.807, 2.05) is 11.4 Å². The van der Waals surface area contributed by atoms with Crippen LogP contribution in [0, 0.1) is 0 Å². The summed E-state index contributed by atoms with van der Waals surface area (Å²) in [5.41, 5.74) is 1.78. The molecule has 1 aliphatic rings. The van der Waals surface area contributed by atoms with Gasteiger partial charge in [-0.25, -0.2) is 8.42 Å². The number of thiophene rings is 1. The summed E-state index contributed by atoms with van der Waals surface area (Å²) < 4.78 is 51.6. The van der Waals surface area contributed by atoms with E-state index in [4.69, 9.17) is 18.9 Å². The average molecular weight is 575 g/mol. The van der Waals surface area contributed by atoms with Crippen molar-refractivity contribution in [3.63, 3.8) is 0 Å². The Hall–Kier alpha value is -3.28. The molecule has 1 aliphatic heterocycles. The van der Waals surface area contributed by atoms with Crippen LogP contribution in [0.2, 0.25) is 0 Å². The van der Waals surface area contributed by atoms with E-state index in [0.29, 0.717) is 48.1 Å². The summed E-state index contributed by atoms with van der Waals surface area (Å²) in [5.74, 6) is 1.51. The highest BCUT2D eigenvalue weighted by molar-refractivity contribution is 7.89. The van der Waals surface area contributed by atoms with Crippen LogP contribution in [0.25, 0.3) is 0 Å². The molecular weight excluding hydrogens is 540 g/mol. The van der Waals surface area contributed by atoms with Gasteiger partial charge in [0.05, 0.1) is 32.8 Å². The highest BCUT2D eigenvalue weighted by Crippen LogP contribution is 2.40. The topological polar surface area (TPSA) is 103 Å². The van der Waals surface area contributed by atoms with Crippen LogP contribution in [0.5, 0.6) is 23.0 Å². The lowest BCUT2D eigenvalue weighted by molar-refractivity contribution is -0.124. The Morgan fingerprint density at radius 3 is 2.31 bits per heavy atom. The Bertz CT molecular complexity index is 1320. The maximum absolute atomic E-state index is 13.9. The lowest BCUT2D eigenvalue weighted by Gasteiger charge is -2.29. The Labute approximate surface area is 233 Å². The smallest absolute Gasteiger partial charge is 0.244 e. The van der Waals surface area contributed by atoms with E-state index >= 15 is 0 Å². The fourth-order valence-corrected chi connectivity index (χ4v) is 6.81. The van der Waals surface area contributed by atoms with Crippen molar-refractivity contribution in [2.75, 3.05) is 34.5 Å². The van der Waals surface area contributed by atoms with E-state index in [1.165, 1.54) is 43.3 Å². The summed E-state index contributed by atoms with van der Waals surface area (Å²) in [6, 6.07) is 10.8. The first kappa shape index (κ1) is 28.7. The highest BCUT2D eigenvalue weighted by Gasteiger charge is 2.37. The van der Waals surface area contributed by atoms with Gasteiger partial charge in [-0.05, 0) is 83.6 Å². The summed E-state index contributed by atoms with van der Waals surface area (Å²) in [7, 11) is 0.505. The fraction of sp³-hybridized carbons (Fsp3) is 0.393. The molecule has 3 aromatic rings. The second-order valence-electron chi connectivity index (χ2n) is 9.09. The molecule has 0 bridgehead atoms. The number of ether oxygens (including phenoxy) is 4. The maximum Gasteiger partial charge on any atom is 0.244 e. The van der Waals surface area contributed by atoms with Crippen LogP contribution in [0.15, 0.2) is 58.1 Å². The number of hydrogen-bond donors (Lipinski definition) is 1. The standard InChI is InChI=1S/C28H34N2O7S2/c1-34-22-7-9-23(10-8-22)39(32,33)30(24-6-4-5-13-29-28(24)31)18-21-16-25(35-2)27(26(17-21)36-3)37-14-11-20-12-15-38-19-20/h7-10,12,15-17,19,24H,4-6,11,13-14,18H2,1-3H3,(H,29,31)/t24-/m0/s1. The van der Waals surface area contributed by atoms with Crippen LogP contribution in [0.1, 0.15) is 30.4 Å². The van der Waals surface area contributed by atoms with Gasteiger partial charge in [0.2, 0.25) is 21.7 Å². The summed E-state index contributed by atoms with van der Waals surface area (Å²) in [5, 5.41) is 6.95. The molecule has 2 aromatic carbocycles. The number of hydrogen-bond acceptors (Lipinski definition) is 8. The molecule has 0 aliphatic carbocycles. The predicted octanol–water partition coefficient (Wildman–Crippen LogP) is 4.26. The second-order valence-corrected chi connectivity index (χ2v) is 11.8. The van der Waals surface area contributed by atoms with Crippen molar-refractivity contribution in [3.8, 4) is 23.0 Å². The van der Waals surface area contributed by atoms with E-state index in [0.717, 1.165) is 19.3 Å². The highest BCUT2D eigenvalue weighted by atomic mass is 32.2. The Morgan fingerprint density at radius 2 is 1.69 bits per heavy atom. The predicted molar refractivity (Wildman–Crippen MR) is 149 cm³/mol. The van der Waals surface area contributed by atoms with Crippen molar-refractivity contribution < 1.29 is 32.2 Å². The van der Waals surface area contributed by atoms with Crippen LogP contribution >= 0.6 is 11.3 Å². The minimum atomic E-state index is -4.06. The number of sulfonamides is 1. The number of amides is 1. The first-order valence-corrected chi connectivity index (χ1v) is 15.1. The van der Waals surface area contributed by atoms with E-state index in [-0.39, 0.29) is 17.3 Å². The van der Waals surface area contributed by atoms with Crippen LogP contribution < -0.4 is 24.3 Å². The van der Waals surface area contributed by atoms with Gasteiger partial charge in [-0.2, -0.15) is 15.6 Å². The zero-order valence-corrected chi connectivity index (χ0v) is 24.0. The molecule has 11 heteroatoms. The third kappa shape index (κ3) is 6.84. The van der Waals surface area contributed by atoms with Crippen molar-refractivity contribution in [2.45, 2.75) is 43.2 Å². The Balaban J connectivity index is 1.67. The molecule has 39 heavy (non-hydrogen) atoms. The maximum atomic E-state index is 13.9. The SMILES string of the molecule is COc1ccc(S(=O)(=O)N(Cc2cc(OC)c(OCCc3ccsc3)c(OC)c2)[C@H]2CCCCNC2=O)cc1. The molecule has 0 saturated carbocycles. The number of methoxy groups -OCH3 is 3. The number of carbonyl (C=O) groups excluding carboxylic acids is 1. The monoisotopic (exact) mass is 574 g/mol. The third-order valence-corrected chi connectivity index (χ3v) is 9.20. The molecule has 1 N–H and O–H groups in total. The largest absolute Gasteiger partial charge is 0.497 e. The minimum Gasteiger partial charge on any atom is -0.497 e. The Morgan fingerprint density at radius 1 is 0.974 bits per heavy atom. The first-order chi connectivity index (χ1) is 18.9. The van der Waals surface area contributed by atoms with E-state index in [2.05, 4.69) is 10.7 Å². The minimum absolute atomic E-state index is 0.0612. The third-order valence-electron chi connectivity index (χ3n) is 6.60. The van der Waals surface area contributed by atoms with Crippen LogP contribution in [0.4, 0.5) is 0 Å². The summed E-state index contributed by atoms with van der Waals surface area (Å²) in [6.07, 6.45) is 2.65. The van der Waals surface area contributed by atoms with Gasteiger partial charge in [0.1, 0.15) is 11.8 Å². The number of rotatable bonds is 12. The number of benzene rings is 2. The molecule has 2 heterocycles. The van der Waals surface area contributed by atoms with Crippen LogP contribution in [0.3, 0.4) is 0 Å². The number of carbonyl (C=O) groups is 1. The number of nitrogens with one attached hydrogen (secondary N) is 1. The molecular formula is C28H34N2O7S2. The van der Waals surface area contributed by atoms with Gasteiger partial charge in [0.25, 0.3) is 0 Å². The van der Waals surface area contributed by atoms with Gasteiger partial charge < -0.3 is 24.3 Å². The molecule has 1 amide bonds. The molecule has 1 atom stereocenters. The summed E-state index contributed by atoms with van der Waals surface area (Å²) >= 11 is 1.63. The molecule has 0 unspecified atom stereocenters. The molecule has 0 spiro atoms. The van der Waals surface area contributed by atoms with Gasteiger partial charge in [0, 0.05) is 19.5 Å². The summed E-state index contributed by atoms with van der Waals surface area (Å²) in [4.78, 5) is 13.1. The molecule has 210 valence electrons. The van der Waals surface area contributed by atoms with E-state index in [1.54, 1.807) is 35.6 Å². The normalized spacial score (nSPS) is 15.9. The van der Waals surface area contributed by atoms with Gasteiger partial charge in [-0.3, -0.25) is 4.79 Å².